The molecule has 0 aliphatic heterocycles. The Morgan fingerprint density at radius 2 is 1.68 bits per heavy atom. The van der Waals surface area contributed by atoms with Gasteiger partial charge in [0.1, 0.15) is 0 Å². The minimum absolute atomic E-state index is 0.0209. The molecule has 0 saturated heterocycles. The topological polar surface area (TPSA) is 55.4 Å². The summed E-state index contributed by atoms with van der Waals surface area (Å²) in [5.74, 6) is -0.753. The van der Waals surface area contributed by atoms with E-state index >= 15 is 0 Å². The van der Waals surface area contributed by atoms with Gasteiger partial charge in [-0.3, -0.25) is 4.79 Å². The van der Waals surface area contributed by atoms with Crippen LogP contribution in [0.1, 0.15) is 40.4 Å². The van der Waals surface area contributed by atoms with E-state index in [0.29, 0.717) is 5.56 Å². The number of carbonyl (C=O) groups is 2. The highest BCUT2D eigenvalue weighted by atomic mass is 16.5. The van der Waals surface area contributed by atoms with Gasteiger partial charge >= 0.3 is 5.97 Å². The molecule has 1 unspecified atom stereocenters. The summed E-state index contributed by atoms with van der Waals surface area (Å²) in [4.78, 5) is 24.0. The average molecular weight is 339 g/mol. The lowest BCUT2D eigenvalue weighted by Crippen LogP contribution is -2.36. The van der Waals surface area contributed by atoms with Crippen LogP contribution in [0.3, 0.4) is 0 Å². The average Bonchev–Trinajstić information content (AvgIpc) is 2.58. The summed E-state index contributed by atoms with van der Waals surface area (Å²) in [6.07, 6.45) is 1.73. The van der Waals surface area contributed by atoms with Gasteiger partial charge in [0.05, 0.1) is 5.56 Å². The standard InChI is InChI=1S/C21H25NO3/c1-15-11-16(2)13-19(12-15)21(24)25-14-20(23)22-17(3)9-10-18-7-5-4-6-8-18/h4-8,11-13,17H,9-10,14H2,1-3H3,(H,22,23). The van der Waals surface area contributed by atoms with Crippen molar-refractivity contribution in [2.45, 2.75) is 39.7 Å². The van der Waals surface area contributed by atoms with Crippen molar-refractivity contribution < 1.29 is 14.3 Å². The molecule has 2 aromatic rings. The summed E-state index contributed by atoms with van der Waals surface area (Å²) in [6.45, 7) is 5.53. The van der Waals surface area contributed by atoms with Crippen LogP contribution in [0.15, 0.2) is 48.5 Å². The second kappa shape index (κ2) is 9.02. The predicted octanol–water partition coefficient (Wildman–Crippen LogP) is 3.60. The van der Waals surface area contributed by atoms with Crippen LogP contribution in [0.4, 0.5) is 0 Å². The molecule has 4 nitrogen and oxygen atoms in total. The third-order valence-corrected chi connectivity index (χ3v) is 3.91. The summed E-state index contributed by atoms with van der Waals surface area (Å²) >= 11 is 0. The molecule has 0 aliphatic rings. The largest absolute Gasteiger partial charge is 0.452 e. The van der Waals surface area contributed by atoms with Gasteiger partial charge in [-0.15, -0.1) is 0 Å². The van der Waals surface area contributed by atoms with E-state index in [1.807, 2.05) is 45.0 Å². The van der Waals surface area contributed by atoms with Gasteiger partial charge in [-0.2, -0.15) is 0 Å². The van der Waals surface area contributed by atoms with Gasteiger partial charge in [0.2, 0.25) is 0 Å². The van der Waals surface area contributed by atoms with Crippen LogP contribution in [0, 0.1) is 13.8 Å². The Labute approximate surface area is 149 Å². The third-order valence-electron chi connectivity index (χ3n) is 3.91. The molecule has 0 fully saturated rings. The number of rotatable bonds is 7. The van der Waals surface area contributed by atoms with Crippen LogP contribution in [-0.2, 0) is 16.0 Å². The number of carbonyl (C=O) groups excluding carboxylic acids is 2. The summed E-state index contributed by atoms with van der Waals surface area (Å²) in [5.41, 5.74) is 3.70. The van der Waals surface area contributed by atoms with Crippen LogP contribution >= 0.6 is 0 Å². The molecule has 0 heterocycles. The highest BCUT2D eigenvalue weighted by Crippen LogP contribution is 2.10. The molecule has 1 atom stereocenters. The number of hydrogen-bond acceptors (Lipinski definition) is 3. The van der Waals surface area contributed by atoms with Crippen LogP contribution in [-0.4, -0.2) is 24.5 Å². The van der Waals surface area contributed by atoms with E-state index in [0.717, 1.165) is 24.0 Å². The molecule has 1 N–H and O–H groups in total. The van der Waals surface area contributed by atoms with Crippen LogP contribution in [0.25, 0.3) is 0 Å². The Kier molecular flexibility index (Phi) is 6.75. The number of benzene rings is 2. The minimum Gasteiger partial charge on any atom is -0.452 e. The minimum atomic E-state index is -0.473. The highest BCUT2D eigenvalue weighted by molar-refractivity contribution is 5.91. The SMILES string of the molecule is Cc1cc(C)cc(C(=O)OCC(=O)NC(C)CCc2ccccc2)c1. The molecule has 0 aliphatic carbocycles. The van der Waals surface area contributed by atoms with Crippen molar-refractivity contribution in [1.29, 1.82) is 0 Å². The molecule has 4 heteroatoms. The maximum atomic E-state index is 12.0. The van der Waals surface area contributed by atoms with Crippen LogP contribution in [0.2, 0.25) is 0 Å². The molecule has 2 aromatic carbocycles. The van der Waals surface area contributed by atoms with Gasteiger partial charge in [0.15, 0.2) is 6.61 Å². The van der Waals surface area contributed by atoms with Gasteiger partial charge in [-0.25, -0.2) is 4.79 Å². The Balaban J connectivity index is 1.75. The Hall–Kier alpha value is -2.62. The lowest BCUT2D eigenvalue weighted by Gasteiger charge is -2.14. The van der Waals surface area contributed by atoms with Crippen molar-refractivity contribution in [2.24, 2.45) is 0 Å². The molecule has 132 valence electrons. The van der Waals surface area contributed by atoms with Crippen LogP contribution in [0.5, 0.6) is 0 Å². The molecule has 25 heavy (non-hydrogen) atoms. The summed E-state index contributed by atoms with van der Waals surface area (Å²) in [6, 6.07) is 15.7. The first kappa shape index (κ1) is 18.7. The van der Waals surface area contributed by atoms with Gasteiger partial charge in [0, 0.05) is 6.04 Å². The van der Waals surface area contributed by atoms with Crippen molar-refractivity contribution >= 4 is 11.9 Å². The van der Waals surface area contributed by atoms with Crippen molar-refractivity contribution in [3.8, 4) is 0 Å². The fourth-order valence-electron chi connectivity index (χ4n) is 2.72. The summed E-state index contributed by atoms with van der Waals surface area (Å²) in [5, 5.41) is 2.86. The van der Waals surface area contributed by atoms with Crippen LogP contribution < -0.4 is 5.32 Å². The van der Waals surface area contributed by atoms with Gasteiger partial charge in [-0.1, -0.05) is 47.5 Å². The fraction of sp³-hybridized carbons (Fsp3) is 0.333. The third kappa shape index (κ3) is 6.42. The quantitative estimate of drug-likeness (QED) is 0.784. The van der Waals surface area contributed by atoms with E-state index in [1.165, 1.54) is 5.56 Å². The van der Waals surface area contributed by atoms with E-state index in [4.69, 9.17) is 4.74 Å². The second-order valence-electron chi connectivity index (χ2n) is 6.45. The molecule has 0 bridgehead atoms. The fourth-order valence-corrected chi connectivity index (χ4v) is 2.72. The Morgan fingerprint density at radius 1 is 1.04 bits per heavy atom. The Bertz CT molecular complexity index is 705. The van der Waals surface area contributed by atoms with E-state index in [1.54, 1.807) is 12.1 Å². The molecule has 0 spiro atoms. The number of aryl methyl sites for hydroxylation is 3. The zero-order chi connectivity index (χ0) is 18.2. The number of amides is 1. The number of esters is 1. The van der Waals surface area contributed by atoms with Gasteiger partial charge in [-0.05, 0) is 51.3 Å². The molecular formula is C21H25NO3. The molecular weight excluding hydrogens is 314 g/mol. The monoisotopic (exact) mass is 339 g/mol. The molecule has 0 aromatic heterocycles. The lowest BCUT2D eigenvalue weighted by atomic mass is 10.1. The zero-order valence-corrected chi connectivity index (χ0v) is 15.0. The second-order valence-corrected chi connectivity index (χ2v) is 6.45. The van der Waals surface area contributed by atoms with E-state index < -0.39 is 5.97 Å². The molecule has 1 amide bonds. The maximum absolute atomic E-state index is 12.0. The highest BCUT2D eigenvalue weighted by Gasteiger charge is 2.13. The van der Waals surface area contributed by atoms with Gasteiger partial charge < -0.3 is 10.1 Å². The molecule has 2 rings (SSSR count). The van der Waals surface area contributed by atoms with Crippen molar-refractivity contribution in [2.75, 3.05) is 6.61 Å². The normalized spacial score (nSPS) is 11.6. The summed E-state index contributed by atoms with van der Waals surface area (Å²) in [7, 11) is 0. The first-order valence-electron chi connectivity index (χ1n) is 8.53. The zero-order valence-electron chi connectivity index (χ0n) is 15.0. The van der Waals surface area contributed by atoms with E-state index in [2.05, 4.69) is 17.4 Å². The van der Waals surface area contributed by atoms with Crippen molar-refractivity contribution in [3.63, 3.8) is 0 Å². The van der Waals surface area contributed by atoms with E-state index in [9.17, 15) is 9.59 Å². The number of nitrogens with one attached hydrogen (secondary N) is 1. The van der Waals surface area contributed by atoms with E-state index in [-0.39, 0.29) is 18.6 Å². The van der Waals surface area contributed by atoms with Crippen molar-refractivity contribution in [1.82, 2.24) is 5.32 Å². The molecule has 0 saturated carbocycles. The molecule has 0 radical (unpaired) electrons. The Morgan fingerprint density at radius 3 is 2.32 bits per heavy atom. The maximum Gasteiger partial charge on any atom is 0.338 e. The van der Waals surface area contributed by atoms with Crippen molar-refractivity contribution in [3.05, 3.63) is 70.8 Å². The predicted molar refractivity (Wildman–Crippen MR) is 98.6 cm³/mol. The van der Waals surface area contributed by atoms with Gasteiger partial charge in [0.25, 0.3) is 5.91 Å². The smallest absolute Gasteiger partial charge is 0.338 e. The summed E-state index contributed by atoms with van der Waals surface area (Å²) < 4.78 is 5.11. The lowest BCUT2D eigenvalue weighted by molar-refractivity contribution is -0.124. The number of hydrogen-bond donors (Lipinski definition) is 1. The first-order valence-corrected chi connectivity index (χ1v) is 8.53. The number of ether oxygens (including phenoxy) is 1. The first-order chi connectivity index (χ1) is 11.9.